The van der Waals surface area contributed by atoms with E-state index in [0.717, 1.165) is 4.57 Å². The zero-order chi connectivity index (χ0) is 19.6. The van der Waals surface area contributed by atoms with Gasteiger partial charge in [0, 0.05) is 26.4 Å². The van der Waals surface area contributed by atoms with Gasteiger partial charge in [-0.1, -0.05) is 5.16 Å². The predicted octanol–water partition coefficient (Wildman–Crippen LogP) is 2.32. The Hall–Kier alpha value is -2.30. The normalized spacial score (nSPS) is 11.7. The van der Waals surface area contributed by atoms with Crippen LogP contribution in [0.5, 0.6) is 0 Å². The highest BCUT2D eigenvalue weighted by Crippen LogP contribution is 2.29. The van der Waals surface area contributed by atoms with Crippen LogP contribution in [0.1, 0.15) is 0 Å². The lowest BCUT2D eigenvalue weighted by Crippen LogP contribution is -2.19. The van der Waals surface area contributed by atoms with Crippen LogP contribution in [0.25, 0.3) is 17.2 Å². The standard InChI is InChI=1S/C14H15BrFN6O4P/c1-27(2,24)18-6-5-17-12-11(19-26-20-12)13-21-25-14(23)22(13)8-3-4-10(16)9(15)7-8/h3-4,7H,5-6H2,1-2H3,(H,17,20)(H,18,24). The molecule has 2 aromatic heterocycles. The van der Waals surface area contributed by atoms with E-state index in [0.29, 0.717) is 18.8 Å². The summed E-state index contributed by atoms with van der Waals surface area (Å²) in [5, 5.41) is 17.1. The lowest BCUT2D eigenvalue weighted by Gasteiger charge is -2.09. The van der Waals surface area contributed by atoms with Gasteiger partial charge >= 0.3 is 5.76 Å². The second-order valence-electron chi connectivity index (χ2n) is 5.85. The largest absolute Gasteiger partial charge is 0.446 e. The van der Waals surface area contributed by atoms with Crippen LogP contribution in [0, 0.1) is 5.82 Å². The summed E-state index contributed by atoms with van der Waals surface area (Å²) in [7, 11) is -2.35. The van der Waals surface area contributed by atoms with Crippen molar-refractivity contribution in [1.82, 2.24) is 25.1 Å². The number of nitrogens with one attached hydrogen (secondary N) is 2. The first-order valence-electron chi connectivity index (χ1n) is 7.67. The maximum Gasteiger partial charge on any atom is 0.446 e. The van der Waals surface area contributed by atoms with E-state index < -0.39 is 18.9 Å². The molecule has 3 aromatic rings. The number of halogens is 2. The fraction of sp³-hybridized carbons (Fsp3) is 0.286. The van der Waals surface area contributed by atoms with Crippen LogP contribution < -0.4 is 16.2 Å². The molecule has 0 aliphatic heterocycles. The van der Waals surface area contributed by atoms with E-state index in [4.69, 9.17) is 9.15 Å². The Balaban J connectivity index is 1.88. The molecule has 27 heavy (non-hydrogen) atoms. The minimum absolute atomic E-state index is 0.0341. The first kappa shape index (κ1) is 19.5. The first-order chi connectivity index (χ1) is 12.8. The Bertz CT molecular complexity index is 1060. The molecule has 0 unspecified atom stereocenters. The van der Waals surface area contributed by atoms with Crippen molar-refractivity contribution in [1.29, 1.82) is 0 Å². The van der Waals surface area contributed by atoms with Gasteiger partial charge in [0.2, 0.25) is 11.6 Å². The van der Waals surface area contributed by atoms with Crippen LogP contribution in [0.15, 0.2) is 36.6 Å². The Labute approximate surface area is 160 Å². The van der Waals surface area contributed by atoms with Gasteiger partial charge in [-0.05, 0) is 44.4 Å². The molecule has 0 saturated heterocycles. The average Bonchev–Trinajstić information content (AvgIpc) is 3.19. The Morgan fingerprint density at radius 2 is 2.04 bits per heavy atom. The molecule has 10 nitrogen and oxygen atoms in total. The summed E-state index contributed by atoms with van der Waals surface area (Å²) >= 11 is 3.07. The van der Waals surface area contributed by atoms with Crippen molar-refractivity contribution in [3.8, 4) is 17.2 Å². The number of nitrogens with zero attached hydrogens (tertiary/aromatic N) is 4. The molecule has 0 amide bonds. The van der Waals surface area contributed by atoms with E-state index in [9.17, 15) is 13.8 Å². The molecule has 144 valence electrons. The van der Waals surface area contributed by atoms with Gasteiger partial charge in [0.1, 0.15) is 13.1 Å². The summed E-state index contributed by atoms with van der Waals surface area (Å²) in [4.78, 5) is 12.1. The molecule has 0 spiro atoms. The van der Waals surface area contributed by atoms with Crippen LogP contribution in [0.2, 0.25) is 0 Å². The molecule has 0 aliphatic rings. The molecular weight excluding hydrogens is 446 g/mol. The maximum absolute atomic E-state index is 13.5. The van der Waals surface area contributed by atoms with Crippen molar-refractivity contribution >= 4 is 29.0 Å². The molecule has 0 aliphatic carbocycles. The number of rotatable bonds is 7. The molecule has 0 saturated carbocycles. The molecule has 1 aromatic carbocycles. The zero-order valence-electron chi connectivity index (χ0n) is 14.3. The third kappa shape index (κ3) is 4.52. The van der Waals surface area contributed by atoms with Crippen LogP contribution in [-0.2, 0) is 4.57 Å². The monoisotopic (exact) mass is 460 g/mol. The van der Waals surface area contributed by atoms with Gasteiger partial charge < -0.3 is 9.88 Å². The van der Waals surface area contributed by atoms with E-state index in [2.05, 4.69) is 41.8 Å². The lowest BCUT2D eigenvalue weighted by atomic mass is 10.3. The Morgan fingerprint density at radius 1 is 1.26 bits per heavy atom. The van der Waals surface area contributed by atoms with Crippen molar-refractivity contribution in [3.63, 3.8) is 0 Å². The Morgan fingerprint density at radius 3 is 2.74 bits per heavy atom. The topological polar surface area (TPSA) is 128 Å². The third-order valence-corrected chi connectivity index (χ3v) is 4.97. The van der Waals surface area contributed by atoms with Crippen LogP contribution in [0.3, 0.4) is 0 Å². The lowest BCUT2D eigenvalue weighted by molar-refractivity contribution is 0.309. The molecule has 2 heterocycles. The third-order valence-electron chi connectivity index (χ3n) is 3.38. The van der Waals surface area contributed by atoms with Crippen LogP contribution in [0.4, 0.5) is 10.2 Å². The van der Waals surface area contributed by atoms with E-state index >= 15 is 0 Å². The minimum Gasteiger partial charge on any atom is -0.364 e. The van der Waals surface area contributed by atoms with Gasteiger partial charge in [-0.15, -0.1) is 0 Å². The highest BCUT2D eigenvalue weighted by Gasteiger charge is 2.23. The summed E-state index contributed by atoms with van der Waals surface area (Å²) in [5.74, 6) is -1.00. The van der Waals surface area contributed by atoms with E-state index in [-0.39, 0.29) is 21.8 Å². The summed E-state index contributed by atoms with van der Waals surface area (Å²) in [6.07, 6.45) is 0. The number of hydrogen-bond acceptors (Lipinski definition) is 8. The molecule has 0 fully saturated rings. The van der Waals surface area contributed by atoms with Gasteiger partial charge in [-0.25, -0.2) is 18.4 Å². The zero-order valence-corrected chi connectivity index (χ0v) is 16.8. The average molecular weight is 461 g/mol. The molecule has 2 N–H and O–H groups in total. The number of anilines is 1. The second-order valence-corrected chi connectivity index (χ2v) is 9.73. The van der Waals surface area contributed by atoms with Crippen molar-refractivity contribution < 1.29 is 18.1 Å². The number of aromatic nitrogens is 4. The molecule has 0 radical (unpaired) electrons. The summed E-state index contributed by atoms with van der Waals surface area (Å²) < 4.78 is 35.9. The van der Waals surface area contributed by atoms with Crippen LogP contribution in [-0.4, -0.2) is 46.5 Å². The van der Waals surface area contributed by atoms with E-state index in [1.54, 1.807) is 13.3 Å². The van der Waals surface area contributed by atoms with Crippen molar-refractivity contribution in [2.24, 2.45) is 0 Å². The van der Waals surface area contributed by atoms with E-state index in [1.165, 1.54) is 18.2 Å². The van der Waals surface area contributed by atoms with E-state index in [1.807, 2.05) is 0 Å². The maximum atomic E-state index is 13.5. The van der Waals surface area contributed by atoms with Gasteiger partial charge in [0.15, 0.2) is 5.69 Å². The number of benzene rings is 1. The summed E-state index contributed by atoms with van der Waals surface area (Å²) in [6.45, 7) is 4.01. The van der Waals surface area contributed by atoms with Gasteiger partial charge in [-0.3, -0.25) is 9.61 Å². The van der Waals surface area contributed by atoms with Crippen molar-refractivity contribution in [2.45, 2.75) is 0 Å². The highest BCUT2D eigenvalue weighted by molar-refractivity contribution is 9.10. The first-order valence-corrected chi connectivity index (χ1v) is 11.1. The Kier molecular flexibility index (Phi) is 5.59. The van der Waals surface area contributed by atoms with Crippen molar-refractivity contribution in [3.05, 3.63) is 39.0 Å². The SMILES string of the molecule is CP(C)(=O)NCCNc1nonc1-c1noc(=O)n1-c1ccc(F)c(Br)c1. The second kappa shape index (κ2) is 7.75. The summed E-state index contributed by atoms with van der Waals surface area (Å²) in [5.41, 5.74) is 0.454. The smallest absolute Gasteiger partial charge is 0.364 e. The highest BCUT2D eigenvalue weighted by atomic mass is 79.9. The fourth-order valence-electron chi connectivity index (χ4n) is 2.21. The van der Waals surface area contributed by atoms with Crippen molar-refractivity contribution in [2.75, 3.05) is 31.7 Å². The quantitative estimate of drug-likeness (QED) is 0.403. The number of hydrogen-bond donors (Lipinski definition) is 2. The van der Waals surface area contributed by atoms with Gasteiger partial charge in [0.25, 0.3) is 0 Å². The molecular formula is C14H15BrFN6O4P. The van der Waals surface area contributed by atoms with Crippen LogP contribution >= 0.6 is 23.2 Å². The predicted molar refractivity (Wildman–Crippen MR) is 99.0 cm³/mol. The molecule has 0 bridgehead atoms. The summed E-state index contributed by atoms with van der Waals surface area (Å²) in [6, 6.07) is 4.00. The van der Waals surface area contributed by atoms with Gasteiger partial charge in [0.05, 0.1) is 10.2 Å². The molecule has 3 rings (SSSR count). The molecule has 0 atom stereocenters. The minimum atomic E-state index is -2.35. The molecule has 13 heteroatoms. The fourth-order valence-corrected chi connectivity index (χ4v) is 3.23. The van der Waals surface area contributed by atoms with Gasteiger partial charge in [-0.2, -0.15) is 0 Å².